The van der Waals surface area contributed by atoms with Crippen molar-refractivity contribution >= 4 is 28.4 Å². The van der Waals surface area contributed by atoms with Gasteiger partial charge in [-0.25, -0.2) is 27.5 Å². The Hall–Kier alpha value is -3.83. The van der Waals surface area contributed by atoms with Crippen molar-refractivity contribution < 1.29 is 22.4 Å². The maximum atomic E-state index is 16.2. The summed E-state index contributed by atoms with van der Waals surface area (Å²) in [6, 6.07) is 4.66. The number of anilines is 1. The van der Waals surface area contributed by atoms with Gasteiger partial charge in [0.1, 0.15) is 23.8 Å². The van der Waals surface area contributed by atoms with Crippen LogP contribution in [0.2, 0.25) is 0 Å². The van der Waals surface area contributed by atoms with Gasteiger partial charge in [-0.15, -0.1) is 10.2 Å². The first-order chi connectivity index (χ1) is 17.1. The highest BCUT2D eigenvalue weighted by Crippen LogP contribution is 2.40. The van der Waals surface area contributed by atoms with Gasteiger partial charge in [-0.05, 0) is 19.9 Å². The number of pyridine rings is 1. The lowest BCUT2D eigenvalue weighted by molar-refractivity contribution is -0.128. The van der Waals surface area contributed by atoms with Crippen LogP contribution in [0.1, 0.15) is 55.3 Å². The number of aryl methyl sites for hydroxylation is 1. The summed E-state index contributed by atoms with van der Waals surface area (Å²) in [7, 11) is 0. The van der Waals surface area contributed by atoms with Crippen LogP contribution in [0, 0.1) is 12.7 Å². The summed E-state index contributed by atoms with van der Waals surface area (Å²) < 4.78 is 59.0. The molecule has 1 aromatic carbocycles. The van der Waals surface area contributed by atoms with Gasteiger partial charge < -0.3 is 10.2 Å². The first-order valence-corrected chi connectivity index (χ1v) is 11.4. The van der Waals surface area contributed by atoms with Gasteiger partial charge in [0.25, 0.3) is 6.43 Å². The number of aromatic nitrogens is 5. The number of alkyl halides is 3. The molecule has 4 aromatic rings. The van der Waals surface area contributed by atoms with Crippen LogP contribution in [0.15, 0.2) is 30.6 Å². The van der Waals surface area contributed by atoms with Gasteiger partial charge in [0.05, 0.1) is 23.5 Å². The number of likely N-dealkylation sites (tertiary alicyclic amines) is 1. The lowest BCUT2D eigenvalue weighted by Crippen LogP contribution is -2.30. The Bertz CT molecular complexity index is 1490. The number of hydrogen-bond acceptors (Lipinski definition) is 6. The number of nitrogens with one attached hydrogen (secondary N) is 1. The Labute approximate surface area is 203 Å². The number of benzene rings is 1. The summed E-state index contributed by atoms with van der Waals surface area (Å²) in [6.07, 6.45) is -1.46. The van der Waals surface area contributed by atoms with E-state index in [9.17, 15) is 18.0 Å². The second-order valence-electron chi connectivity index (χ2n) is 9.01. The van der Waals surface area contributed by atoms with E-state index in [0.717, 1.165) is 6.07 Å². The molecule has 8 nitrogen and oxygen atoms in total. The topological polar surface area (TPSA) is 88.3 Å². The minimum Gasteiger partial charge on any atom is -0.363 e. The van der Waals surface area contributed by atoms with Gasteiger partial charge in [0.2, 0.25) is 5.91 Å². The Morgan fingerprint density at radius 3 is 2.64 bits per heavy atom. The van der Waals surface area contributed by atoms with Gasteiger partial charge in [-0.2, -0.15) is 0 Å². The zero-order valence-electron chi connectivity index (χ0n) is 19.8. The van der Waals surface area contributed by atoms with E-state index in [-0.39, 0.29) is 48.0 Å². The predicted octanol–water partition coefficient (Wildman–Crippen LogP) is 4.65. The molecule has 188 valence electrons. The highest BCUT2D eigenvalue weighted by Gasteiger charge is 2.43. The quantitative estimate of drug-likeness (QED) is 0.401. The molecule has 0 bridgehead atoms. The smallest absolute Gasteiger partial charge is 0.266 e. The van der Waals surface area contributed by atoms with Gasteiger partial charge in [0, 0.05) is 31.0 Å². The zero-order chi connectivity index (χ0) is 25.8. The third-order valence-electron chi connectivity index (χ3n) is 6.60. The van der Waals surface area contributed by atoms with Crippen LogP contribution >= 0.6 is 0 Å². The lowest BCUT2D eigenvalue weighted by atomic mass is 9.94. The fourth-order valence-electron chi connectivity index (χ4n) is 4.72. The molecule has 12 heteroatoms. The van der Waals surface area contributed by atoms with Crippen LogP contribution in [-0.4, -0.2) is 48.5 Å². The van der Waals surface area contributed by atoms with Gasteiger partial charge >= 0.3 is 0 Å². The Morgan fingerprint density at radius 2 is 1.94 bits per heavy atom. The van der Waals surface area contributed by atoms with Gasteiger partial charge in [0.15, 0.2) is 17.0 Å². The predicted molar refractivity (Wildman–Crippen MR) is 124 cm³/mol. The largest absolute Gasteiger partial charge is 0.363 e. The van der Waals surface area contributed by atoms with Crippen LogP contribution in [0.4, 0.5) is 23.4 Å². The molecule has 1 N–H and O–H groups in total. The molecule has 1 aliphatic rings. The molecule has 1 fully saturated rings. The first kappa shape index (κ1) is 23.9. The lowest BCUT2D eigenvalue weighted by Gasteiger charge is -2.23. The summed E-state index contributed by atoms with van der Waals surface area (Å²) in [6.45, 7) is 4.80. The molecule has 2 atom stereocenters. The second kappa shape index (κ2) is 8.68. The fraction of sp³-hybridized carbons (Fsp3) is 0.375. The van der Waals surface area contributed by atoms with Crippen molar-refractivity contribution in [3.8, 4) is 0 Å². The van der Waals surface area contributed by atoms with Crippen molar-refractivity contribution in [2.24, 2.45) is 0 Å². The van der Waals surface area contributed by atoms with E-state index >= 15 is 4.39 Å². The summed E-state index contributed by atoms with van der Waals surface area (Å²) in [5.41, 5.74) is -1.63. The molecule has 1 saturated heterocycles. The van der Waals surface area contributed by atoms with Crippen molar-refractivity contribution in [2.75, 3.05) is 18.4 Å². The molecule has 36 heavy (non-hydrogen) atoms. The molecule has 0 saturated carbocycles. The monoisotopic (exact) mass is 501 g/mol. The number of hydrogen-bond donors (Lipinski definition) is 1. The molecular weight excluding hydrogens is 478 g/mol. The van der Waals surface area contributed by atoms with E-state index < -0.39 is 29.5 Å². The molecule has 0 spiro atoms. The summed E-state index contributed by atoms with van der Waals surface area (Å²) in [5.74, 6) is -0.576. The first-order valence-electron chi connectivity index (χ1n) is 11.4. The maximum Gasteiger partial charge on any atom is 0.266 e. The van der Waals surface area contributed by atoms with Crippen molar-refractivity contribution in [1.29, 1.82) is 0 Å². The Morgan fingerprint density at radius 1 is 1.19 bits per heavy atom. The zero-order valence-corrected chi connectivity index (χ0v) is 19.8. The molecule has 1 aliphatic heterocycles. The van der Waals surface area contributed by atoms with Crippen LogP contribution < -0.4 is 5.32 Å². The number of fused-ring (bicyclic) bond motifs is 3. The number of carbonyl (C=O) groups is 1. The summed E-state index contributed by atoms with van der Waals surface area (Å²) in [5, 5.41) is 11.5. The highest BCUT2D eigenvalue weighted by molar-refractivity contribution is 5.90. The van der Waals surface area contributed by atoms with Gasteiger partial charge in [-0.3, -0.25) is 9.20 Å². The van der Waals surface area contributed by atoms with Crippen molar-refractivity contribution in [3.63, 3.8) is 0 Å². The molecule has 3 aromatic heterocycles. The van der Waals surface area contributed by atoms with Crippen LogP contribution in [0.25, 0.3) is 16.7 Å². The van der Waals surface area contributed by atoms with Crippen LogP contribution in [0.5, 0.6) is 0 Å². The molecule has 1 unspecified atom stereocenters. The Balaban J connectivity index is 1.64. The molecule has 5 rings (SSSR count). The van der Waals surface area contributed by atoms with Crippen molar-refractivity contribution in [1.82, 2.24) is 29.5 Å². The number of carbonyl (C=O) groups excluding carboxylic acids is 1. The maximum absolute atomic E-state index is 16.2. The van der Waals surface area contributed by atoms with Crippen LogP contribution in [-0.2, 0) is 10.5 Å². The third-order valence-corrected chi connectivity index (χ3v) is 6.60. The fourth-order valence-corrected chi connectivity index (χ4v) is 4.72. The van der Waals surface area contributed by atoms with E-state index in [1.807, 2.05) is 0 Å². The average Bonchev–Trinajstić information content (AvgIpc) is 3.46. The van der Waals surface area contributed by atoms with Crippen LogP contribution in [0.3, 0.4) is 0 Å². The molecule has 1 amide bonds. The van der Waals surface area contributed by atoms with E-state index in [4.69, 9.17) is 0 Å². The van der Waals surface area contributed by atoms with E-state index in [0.29, 0.717) is 16.9 Å². The number of rotatable bonds is 5. The van der Waals surface area contributed by atoms with E-state index in [1.165, 1.54) is 30.3 Å². The number of nitrogens with zero attached hydrogens (tertiary/aromatic N) is 6. The SMILES string of the molecule is CC(=O)N1CCC(F)(c2cc3c(N[C@H](C)c4cccc(C(F)F)c4F)nc(C)nc3n3cnnc23)C1. The molecule has 4 heterocycles. The number of amides is 1. The third kappa shape index (κ3) is 3.90. The standard InChI is InChI=1S/C24H23F4N7O/c1-12(15-5-4-6-16(19(15)25)20(26)27)30-21-17-9-18(24(28)7-8-34(10-24)14(3)36)23-33-29-11-35(23)22(17)32-13(2)31-21/h4-6,9,11-12,20H,7-8,10H2,1-3H3,(H,30,31,32)/t12-,24?/m1/s1. The van der Waals surface area contributed by atoms with E-state index in [2.05, 4.69) is 25.5 Å². The van der Waals surface area contributed by atoms with E-state index in [1.54, 1.807) is 24.3 Å². The minimum atomic E-state index is -2.95. The minimum absolute atomic E-state index is 0.0395. The molecule has 0 radical (unpaired) electrons. The van der Waals surface area contributed by atoms with Gasteiger partial charge in [-0.1, -0.05) is 18.2 Å². The average molecular weight is 501 g/mol. The highest BCUT2D eigenvalue weighted by atomic mass is 19.3. The van der Waals surface area contributed by atoms with Crippen molar-refractivity contribution in [2.45, 2.75) is 45.3 Å². The second-order valence-corrected chi connectivity index (χ2v) is 9.01. The molecule has 0 aliphatic carbocycles. The van der Waals surface area contributed by atoms with Crippen molar-refractivity contribution in [3.05, 3.63) is 58.9 Å². The normalized spacial score (nSPS) is 18.9. The molecular formula is C24H23F4N7O. The summed E-state index contributed by atoms with van der Waals surface area (Å²) >= 11 is 0. The summed E-state index contributed by atoms with van der Waals surface area (Å²) in [4.78, 5) is 22.2. The number of halogens is 4. The Kier molecular flexibility index (Phi) is 5.76.